The normalized spacial score (nSPS) is 15.2. The quantitative estimate of drug-likeness (QED) is 0.0389. The van der Waals surface area contributed by atoms with Crippen LogP contribution in [0.5, 0.6) is 5.75 Å². The lowest BCUT2D eigenvalue weighted by Gasteiger charge is -2.35. The summed E-state index contributed by atoms with van der Waals surface area (Å²) < 4.78 is 17.2. The summed E-state index contributed by atoms with van der Waals surface area (Å²) in [4.78, 5) is 2.38. The number of nitrogens with zero attached hydrogens (tertiary/aromatic N) is 1. The van der Waals surface area contributed by atoms with Gasteiger partial charge in [-0.3, -0.25) is 0 Å². The Morgan fingerprint density at radius 1 is 0.538 bits per heavy atom. The van der Waals surface area contributed by atoms with Gasteiger partial charge in [0.05, 0.1) is 6.61 Å². The van der Waals surface area contributed by atoms with Crippen molar-refractivity contribution in [3.63, 3.8) is 0 Å². The van der Waals surface area contributed by atoms with Gasteiger partial charge >= 0.3 is 0 Å². The van der Waals surface area contributed by atoms with E-state index in [-0.39, 0.29) is 22.5 Å². The van der Waals surface area contributed by atoms with Crippen LogP contribution >= 0.6 is 0 Å². The zero-order valence-electron chi connectivity index (χ0n) is 41.6. The second-order valence-corrected chi connectivity index (χ2v) is 19.9. The molecule has 0 N–H and O–H groups in total. The lowest BCUT2D eigenvalue weighted by Crippen LogP contribution is -2.27. The van der Waals surface area contributed by atoms with E-state index < -0.39 is 0 Å². The van der Waals surface area contributed by atoms with Crippen molar-refractivity contribution in [2.75, 3.05) is 24.7 Å². The van der Waals surface area contributed by atoms with Crippen LogP contribution in [0, 0.1) is 0 Å². The average Bonchev–Trinajstić information content (AvgIpc) is 4.15. The average molecular weight is 876 g/mol. The summed E-state index contributed by atoms with van der Waals surface area (Å²) in [6.45, 7) is 21.0. The summed E-state index contributed by atoms with van der Waals surface area (Å²) in [5, 5.41) is 0. The Morgan fingerprint density at radius 3 is 1.68 bits per heavy atom. The molecule has 7 rings (SSSR count). The van der Waals surface area contributed by atoms with Crippen molar-refractivity contribution in [1.82, 2.24) is 0 Å². The Balaban J connectivity index is 1.24. The number of hydrogen-bond acceptors (Lipinski definition) is 4. The number of rotatable bonds is 27. The molecule has 1 aliphatic carbocycles. The fraction of sp³-hybridized carbons (Fsp3) is 0.508. The first-order chi connectivity index (χ1) is 31.6. The van der Waals surface area contributed by atoms with Gasteiger partial charge in [-0.15, -0.1) is 0 Å². The van der Waals surface area contributed by atoms with Gasteiger partial charge in [-0.1, -0.05) is 167 Å². The van der Waals surface area contributed by atoms with Gasteiger partial charge in [-0.05, 0) is 149 Å². The first-order valence-electron chi connectivity index (χ1n) is 25.9. The monoisotopic (exact) mass is 876 g/mol. The second-order valence-electron chi connectivity index (χ2n) is 19.9. The van der Waals surface area contributed by atoms with Crippen LogP contribution in [0.15, 0.2) is 109 Å². The predicted octanol–water partition coefficient (Wildman–Crippen LogP) is 17.7. The molecule has 0 bridgehead atoms. The Morgan fingerprint density at radius 2 is 1.08 bits per heavy atom. The van der Waals surface area contributed by atoms with Crippen LogP contribution in [-0.4, -0.2) is 26.1 Å². The van der Waals surface area contributed by atoms with Crippen molar-refractivity contribution < 1.29 is 14.2 Å². The molecule has 5 aromatic rings. The highest BCUT2D eigenvalue weighted by Gasteiger charge is 2.43. The van der Waals surface area contributed by atoms with Gasteiger partial charge in [-0.2, -0.15) is 0 Å². The minimum absolute atomic E-state index is 0.0112. The summed E-state index contributed by atoms with van der Waals surface area (Å²) in [5.74, 6) is 0.880. The van der Waals surface area contributed by atoms with Crippen LogP contribution < -0.4 is 9.64 Å². The van der Waals surface area contributed by atoms with E-state index in [0.29, 0.717) is 13.2 Å². The van der Waals surface area contributed by atoms with E-state index in [0.717, 1.165) is 67.9 Å². The minimum Gasteiger partial charge on any atom is -0.494 e. The van der Waals surface area contributed by atoms with Crippen molar-refractivity contribution >= 4 is 17.1 Å². The van der Waals surface area contributed by atoms with Crippen molar-refractivity contribution in [3.05, 3.63) is 131 Å². The molecule has 0 amide bonds. The maximum absolute atomic E-state index is 6.33. The SMILES string of the molecule is CCCCCCC1(CCCCCC)c2cc(-c3ccc(N(c4ccc(C(C)(CC)CC)cc4)c4cccc(OCCCCOC5CO5)c4)cc3)ccc2-c2ccc(C(C)(CC)CC)cc21. The Bertz CT molecular complexity index is 2230. The van der Waals surface area contributed by atoms with Crippen molar-refractivity contribution in [1.29, 1.82) is 0 Å². The zero-order valence-corrected chi connectivity index (χ0v) is 41.6. The number of unbranched alkanes of at least 4 members (excludes halogenated alkanes) is 7. The highest BCUT2D eigenvalue weighted by molar-refractivity contribution is 5.85. The van der Waals surface area contributed by atoms with Crippen LogP contribution in [0.2, 0.25) is 0 Å². The number of benzene rings is 5. The first-order valence-corrected chi connectivity index (χ1v) is 25.9. The number of ether oxygens (including phenoxy) is 3. The van der Waals surface area contributed by atoms with Crippen LogP contribution in [0.3, 0.4) is 0 Å². The lowest BCUT2D eigenvalue weighted by atomic mass is 9.68. The van der Waals surface area contributed by atoms with Gasteiger partial charge < -0.3 is 19.1 Å². The van der Waals surface area contributed by atoms with E-state index in [2.05, 4.69) is 169 Å². The third kappa shape index (κ3) is 11.1. The molecule has 4 nitrogen and oxygen atoms in total. The molecule has 5 aromatic carbocycles. The molecule has 0 saturated carbocycles. The number of anilines is 3. The molecule has 1 saturated heterocycles. The van der Waals surface area contributed by atoms with Crippen LogP contribution in [0.25, 0.3) is 22.3 Å². The molecule has 1 aliphatic heterocycles. The van der Waals surface area contributed by atoms with Crippen LogP contribution in [-0.2, 0) is 25.7 Å². The molecular formula is C61H81NO3. The van der Waals surface area contributed by atoms with E-state index in [4.69, 9.17) is 14.2 Å². The van der Waals surface area contributed by atoms with E-state index in [9.17, 15) is 0 Å². The second kappa shape index (κ2) is 22.4. The molecule has 1 fully saturated rings. The van der Waals surface area contributed by atoms with Gasteiger partial charge in [0.1, 0.15) is 12.4 Å². The van der Waals surface area contributed by atoms with Crippen LogP contribution in [0.1, 0.15) is 180 Å². The largest absolute Gasteiger partial charge is 0.494 e. The first kappa shape index (κ1) is 48.6. The third-order valence-corrected chi connectivity index (χ3v) is 15.9. The predicted molar refractivity (Wildman–Crippen MR) is 277 cm³/mol. The highest BCUT2D eigenvalue weighted by Crippen LogP contribution is 2.56. The third-order valence-electron chi connectivity index (χ3n) is 15.9. The number of fused-ring (bicyclic) bond motifs is 3. The Hall–Kier alpha value is -4.38. The minimum atomic E-state index is 0.0112. The fourth-order valence-electron chi connectivity index (χ4n) is 10.5. The standard InChI is InChI=1S/C61H81NO3/c1-9-15-17-19-38-61(39-20-18-16-10-2)56-42-47(28-36-54(56)55-37-31-49(43-57(55)61)60(8,13-5)14-6)46-26-32-50(33-27-46)62(51-34-29-48(30-35-51)59(7,11-3)12-4)52-24-23-25-53(44-52)63-40-21-22-41-64-58-45-65-58/h23-37,42-44,58H,9-22,38-41,45H2,1-8H3. The molecular weight excluding hydrogens is 795 g/mol. The molecule has 348 valence electrons. The van der Waals surface area contributed by atoms with Crippen LogP contribution in [0.4, 0.5) is 17.1 Å². The maximum Gasteiger partial charge on any atom is 0.181 e. The molecule has 1 heterocycles. The van der Waals surface area contributed by atoms with Gasteiger partial charge in [-0.25, -0.2) is 0 Å². The Kier molecular flexibility index (Phi) is 16.7. The van der Waals surface area contributed by atoms with Crippen molar-refractivity contribution in [2.45, 2.75) is 181 Å². The van der Waals surface area contributed by atoms with E-state index >= 15 is 0 Å². The molecule has 0 radical (unpaired) electrons. The highest BCUT2D eigenvalue weighted by atomic mass is 16.8. The summed E-state index contributed by atoms with van der Waals surface area (Å²) in [6, 6.07) is 42.3. The zero-order chi connectivity index (χ0) is 45.9. The summed E-state index contributed by atoms with van der Waals surface area (Å²) in [7, 11) is 0. The molecule has 1 atom stereocenters. The molecule has 0 aromatic heterocycles. The van der Waals surface area contributed by atoms with Crippen molar-refractivity contribution in [2.24, 2.45) is 0 Å². The summed E-state index contributed by atoms with van der Waals surface area (Å²) in [6.07, 6.45) is 19.2. The van der Waals surface area contributed by atoms with E-state index in [1.54, 1.807) is 11.1 Å². The topological polar surface area (TPSA) is 34.2 Å². The van der Waals surface area contributed by atoms with Gasteiger partial charge in [0, 0.05) is 35.2 Å². The van der Waals surface area contributed by atoms with Crippen molar-refractivity contribution in [3.8, 4) is 28.0 Å². The van der Waals surface area contributed by atoms with Gasteiger partial charge in [0.2, 0.25) is 0 Å². The van der Waals surface area contributed by atoms with Gasteiger partial charge in [0.15, 0.2) is 6.29 Å². The van der Waals surface area contributed by atoms with E-state index in [1.807, 2.05) is 0 Å². The maximum atomic E-state index is 6.33. The molecule has 65 heavy (non-hydrogen) atoms. The molecule has 1 unspecified atom stereocenters. The summed E-state index contributed by atoms with van der Waals surface area (Å²) >= 11 is 0. The molecule has 0 spiro atoms. The number of hydrogen-bond donors (Lipinski definition) is 0. The molecule has 4 heteroatoms. The Labute approximate surface area is 394 Å². The van der Waals surface area contributed by atoms with E-state index in [1.165, 1.54) is 97.6 Å². The fourth-order valence-corrected chi connectivity index (χ4v) is 10.5. The number of epoxide rings is 1. The molecule has 2 aliphatic rings. The lowest BCUT2D eigenvalue weighted by molar-refractivity contribution is 0.0466. The summed E-state index contributed by atoms with van der Waals surface area (Å²) in [5.41, 5.74) is 15.3. The smallest absolute Gasteiger partial charge is 0.181 e. The van der Waals surface area contributed by atoms with Gasteiger partial charge in [0.25, 0.3) is 0 Å².